The Balaban J connectivity index is 1.12. The molecule has 7 heteroatoms. The van der Waals surface area contributed by atoms with Crippen LogP contribution in [0.2, 0.25) is 0 Å². The third-order valence-electron chi connectivity index (χ3n) is 7.25. The van der Waals surface area contributed by atoms with Crippen molar-refractivity contribution in [3.8, 4) is 11.5 Å². The van der Waals surface area contributed by atoms with Crippen LogP contribution in [0.5, 0.6) is 11.5 Å². The van der Waals surface area contributed by atoms with Gasteiger partial charge in [0.2, 0.25) is 0 Å². The van der Waals surface area contributed by atoms with Gasteiger partial charge in [0.25, 0.3) is 5.91 Å². The summed E-state index contributed by atoms with van der Waals surface area (Å²) in [6, 6.07) is 23.4. The summed E-state index contributed by atoms with van der Waals surface area (Å²) in [5, 5.41) is 13.8. The summed E-state index contributed by atoms with van der Waals surface area (Å²) < 4.78 is 11.8. The maximum absolute atomic E-state index is 13.1. The maximum Gasteiger partial charge on any atom is 0.255 e. The molecule has 37 heavy (non-hydrogen) atoms. The average Bonchev–Trinajstić information content (AvgIpc) is 2.95. The Hall–Kier alpha value is -3.55. The number of benzene rings is 3. The normalized spacial score (nSPS) is 19.6. The smallest absolute Gasteiger partial charge is 0.255 e. The van der Waals surface area contributed by atoms with E-state index in [0.717, 1.165) is 56.1 Å². The number of carbonyl (C=O) groups excluding carboxylic acids is 1. The number of carbonyl (C=O) groups is 1. The van der Waals surface area contributed by atoms with Gasteiger partial charge in [0, 0.05) is 44.7 Å². The number of amides is 1. The summed E-state index contributed by atoms with van der Waals surface area (Å²) in [5.41, 5.74) is 3.29. The Kier molecular flexibility index (Phi) is 7.92. The number of ether oxygens (including phenoxy) is 2. The van der Waals surface area contributed by atoms with Crippen molar-refractivity contribution in [2.24, 2.45) is 0 Å². The van der Waals surface area contributed by atoms with E-state index < -0.39 is 6.10 Å². The zero-order valence-electron chi connectivity index (χ0n) is 21.3. The zero-order chi connectivity index (χ0) is 25.6. The molecule has 2 unspecified atom stereocenters. The first-order chi connectivity index (χ1) is 18.1. The molecule has 0 spiro atoms. The minimum Gasteiger partial charge on any atom is -0.495 e. The fraction of sp³-hybridized carbons (Fsp3) is 0.367. The van der Waals surface area contributed by atoms with Gasteiger partial charge in [-0.05, 0) is 36.7 Å². The van der Waals surface area contributed by atoms with Crippen molar-refractivity contribution in [2.45, 2.75) is 25.0 Å². The highest BCUT2D eigenvalue weighted by Gasteiger charge is 2.31. The van der Waals surface area contributed by atoms with Crippen LogP contribution < -0.4 is 19.7 Å². The first-order valence-electron chi connectivity index (χ1n) is 13.0. The molecule has 3 aromatic rings. The summed E-state index contributed by atoms with van der Waals surface area (Å²) >= 11 is 0. The Morgan fingerprint density at radius 3 is 2.54 bits per heavy atom. The topological polar surface area (TPSA) is 74.3 Å². The molecule has 2 aliphatic heterocycles. The first-order valence-corrected chi connectivity index (χ1v) is 13.0. The number of hydrogen-bond acceptors (Lipinski definition) is 6. The molecule has 2 N–H and O–H groups in total. The third-order valence-corrected chi connectivity index (χ3v) is 7.25. The standard InChI is InChI=1S/C30H35N3O4/c1-36-27-14-6-5-13-25(27)33-19-17-32(18-20-33)16-8-15-31-30(35)24-12-7-11-23-26(34)21-28(37-29(23)24)22-9-3-2-4-10-22/h2-7,9-14,26,28,34H,8,15-21H2,1H3,(H,31,35). The average molecular weight is 502 g/mol. The van der Waals surface area contributed by atoms with Gasteiger partial charge in [-0.2, -0.15) is 0 Å². The number of para-hydroxylation sites is 3. The highest BCUT2D eigenvalue weighted by Crippen LogP contribution is 2.42. The number of anilines is 1. The third kappa shape index (κ3) is 5.73. The van der Waals surface area contributed by atoms with Crippen LogP contribution >= 0.6 is 0 Å². The molecule has 194 valence electrons. The van der Waals surface area contributed by atoms with E-state index >= 15 is 0 Å². The molecule has 0 bridgehead atoms. The molecule has 2 atom stereocenters. The molecule has 0 saturated carbocycles. The summed E-state index contributed by atoms with van der Waals surface area (Å²) in [6.07, 6.45) is 0.376. The van der Waals surface area contributed by atoms with Gasteiger partial charge in [0.1, 0.15) is 17.6 Å². The Morgan fingerprint density at radius 1 is 1.00 bits per heavy atom. The van der Waals surface area contributed by atoms with Gasteiger partial charge in [0.15, 0.2) is 0 Å². The highest BCUT2D eigenvalue weighted by molar-refractivity contribution is 5.97. The lowest BCUT2D eigenvalue weighted by molar-refractivity contribution is 0.0639. The van der Waals surface area contributed by atoms with E-state index in [9.17, 15) is 9.90 Å². The number of piperazine rings is 1. The Labute approximate surface area is 218 Å². The molecule has 0 radical (unpaired) electrons. The van der Waals surface area contributed by atoms with Crippen molar-refractivity contribution >= 4 is 11.6 Å². The van der Waals surface area contributed by atoms with Crippen LogP contribution in [0.3, 0.4) is 0 Å². The number of nitrogens with one attached hydrogen (secondary N) is 1. The summed E-state index contributed by atoms with van der Waals surface area (Å²) in [6.45, 7) is 5.37. The zero-order valence-corrected chi connectivity index (χ0v) is 21.3. The van der Waals surface area contributed by atoms with Gasteiger partial charge >= 0.3 is 0 Å². The van der Waals surface area contributed by atoms with Crippen LogP contribution in [0.4, 0.5) is 5.69 Å². The molecule has 3 aromatic carbocycles. The van der Waals surface area contributed by atoms with Crippen molar-refractivity contribution in [3.63, 3.8) is 0 Å². The SMILES string of the molecule is COc1ccccc1N1CCN(CCCNC(=O)c2cccc3c2OC(c2ccccc2)CC3O)CC1. The van der Waals surface area contributed by atoms with Gasteiger partial charge in [-0.15, -0.1) is 0 Å². The molecule has 0 aromatic heterocycles. The fourth-order valence-electron chi connectivity index (χ4n) is 5.22. The number of hydrogen-bond donors (Lipinski definition) is 2. The van der Waals surface area contributed by atoms with Crippen LogP contribution in [-0.2, 0) is 0 Å². The predicted molar refractivity (Wildman–Crippen MR) is 144 cm³/mol. The second-order valence-corrected chi connectivity index (χ2v) is 9.60. The van der Waals surface area contributed by atoms with E-state index in [1.165, 1.54) is 0 Å². The number of nitrogens with zero attached hydrogens (tertiary/aromatic N) is 2. The summed E-state index contributed by atoms with van der Waals surface area (Å²) in [7, 11) is 1.71. The molecule has 2 aliphatic rings. The fourth-order valence-corrected chi connectivity index (χ4v) is 5.22. The van der Waals surface area contributed by atoms with Crippen LogP contribution in [0.1, 0.15) is 46.5 Å². The Morgan fingerprint density at radius 2 is 1.76 bits per heavy atom. The van der Waals surface area contributed by atoms with Gasteiger partial charge in [0.05, 0.1) is 24.5 Å². The summed E-state index contributed by atoms with van der Waals surface area (Å²) in [4.78, 5) is 17.9. The number of aliphatic hydroxyl groups excluding tert-OH is 1. The molecule has 1 saturated heterocycles. The van der Waals surface area contributed by atoms with E-state index in [2.05, 4.69) is 21.2 Å². The second-order valence-electron chi connectivity index (χ2n) is 9.60. The Bertz CT molecular complexity index is 1190. The van der Waals surface area contributed by atoms with Gasteiger partial charge in [-0.25, -0.2) is 0 Å². The minimum absolute atomic E-state index is 0.168. The first kappa shape index (κ1) is 25.1. The lowest BCUT2D eigenvalue weighted by atomic mass is 9.93. The van der Waals surface area contributed by atoms with Gasteiger partial charge in [-0.1, -0.05) is 54.6 Å². The van der Waals surface area contributed by atoms with Crippen LogP contribution in [0, 0.1) is 0 Å². The van der Waals surface area contributed by atoms with Crippen LogP contribution in [0.25, 0.3) is 0 Å². The molecule has 1 amide bonds. The van der Waals surface area contributed by atoms with Gasteiger partial charge < -0.3 is 24.8 Å². The number of aliphatic hydroxyl groups is 1. The van der Waals surface area contributed by atoms with Crippen LogP contribution in [-0.4, -0.2) is 62.3 Å². The molecule has 5 rings (SSSR count). The maximum atomic E-state index is 13.1. The largest absolute Gasteiger partial charge is 0.495 e. The summed E-state index contributed by atoms with van der Waals surface area (Å²) in [5.74, 6) is 1.23. The number of methoxy groups -OCH3 is 1. The molecule has 2 heterocycles. The van der Waals surface area contributed by atoms with E-state index in [1.54, 1.807) is 13.2 Å². The van der Waals surface area contributed by atoms with E-state index in [-0.39, 0.29) is 12.0 Å². The molecule has 0 aliphatic carbocycles. The lowest BCUT2D eigenvalue weighted by Gasteiger charge is -2.36. The highest BCUT2D eigenvalue weighted by atomic mass is 16.5. The lowest BCUT2D eigenvalue weighted by Crippen LogP contribution is -2.47. The number of rotatable bonds is 8. The van der Waals surface area contributed by atoms with E-state index in [0.29, 0.717) is 29.8 Å². The number of fused-ring (bicyclic) bond motifs is 1. The van der Waals surface area contributed by atoms with Crippen molar-refractivity contribution in [3.05, 3.63) is 89.5 Å². The molecule has 1 fully saturated rings. The van der Waals surface area contributed by atoms with Crippen LogP contribution in [0.15, 0.2) is 72.8 Å². The second kappa shape index (κ2) is 11.7. The van der Waals surface area contributed by atoms with Crippen molar-refractivity contribution < 1.29 is 19.4 Å². The molecule has 7 nitrogen and oxygen atoms in total. The predicted octanol–water partition coefficient (Wildman–Crippen LogP) is 4.19. The van der Waals surface area contributed by atoms with Crippen molar-refractivity contribution in [1.82, 2.24) is 10.2 Å². The van der Waals surface area contributed by atoms with Crippen molar-refractivity contribution in [1.29, 1.82) is 0 Å². The monoisotopic (exact) mass is 501 g/mol. The van der Waals surface area contributed by atoms with E-state index in [4.69, 9.17) is 9.47 Å². The van der Waals surface area contributed by atoms with E-state index in [1.807, 2.05) is 60.7 Å². The minimum atomic E-state index is -0.670. The quantitative estimate of drug-likeness (QED) is 0.451. The molecular weight excluding hydrogens is 466 g/mol. The molecular formula is C30H35N3O4. The van der Waals surface area contributed by atoms with Crippen molar-refractivity contribution in [2.75, 3.05) is 51.3 Å². The van der Waals surface area contributed by atoms with Gasteiger partial charge in [-0.3, -0.25) is 9.69 Å².